The fraction of sp³-hybridized carbons (Fsp3) is 0.647. The molecule has 19 heavy (non-hydrogen) atoms. The Kier molecular flexibility index (Phi) is 6.93. The fourth-order valence-corrected chi connectivity index (χ4v) is 2.80. The van der Waals surface area contributed by atoms with Gasteiger partial charge in [0.15, 0.2) is 0 Å². The van der Waals surface area contributed by atoms with E-state index in [0.29, 0.717) is 5.92 Å². The zero-order valence-corrected chi connectivity index (χ0v) is 13.0. The third kappa shape index (κ3) is 4.54. The molecule has 0 radical (unpaired) electrons. The highest BCUT2D eigenvalue weighted by molar-refractivity contribution is 5.43. The Morgan fingerprint density at radius 1 is 1.16 bits per heavy atom. The van der Waals surface area contributed by atoms with E-state index in [9.17, 15) is 0 Å². The van der Waals surface area contributed by atoms with Crippen LogP contribution in [0.2, 0.25) is 0 Å². The van der Waals surface area contributed by atoms with Gasteiger partial charge in [-0.15, -0.1) is 0 Å². The molecule has 0 aliphatic heterocycles. The summed E-state index contributed by atoms with van der Waals surface area (Å²) >= 11 is 0. The van der Waals surface area contributed by atoms with Gasteiger partial charge in [0, 0.05) is 0 Å². The van der Waals surface area contributed by atoms with E-state index < -0.39 is 0 Å². The predicted molar refractivity (Wildman–Crippen MR) is 83.0 cm³/mol. The summed E-state index contributed by atoms with van der Waals surface area (Å²) in [7, 11) is 0. The Labute approximate surface area is 118 Å². The standard InChI is InChI=1S/C17H29NO/c1-5-10-19-16-11-13(3)17(14(4)12-16)15(6-2)8-7-9-18/h11-12,15H,5-10,18H2,1-4H3. The highest BCUT2D eigenvalue weighted by Crippen LogP contribution is 2.32. The van der Waals surface area contributed by atoms with Crippen LogP contribution in [0, 0.1) is 13.8 Å². The monoisotopic (exact) mass is 263 g/mol. The predicted octanol–water partition coefficient (Wildman–Crippen LogP) is 4.32. The van der Waals surface area contributed by atoms with Crippen LogP contribution in [-0.4, -0.2) is 13.2 Å². The molecule has 1 rings (SSSR count). The lowest BCUT2D eigenvalue weighted by atomic mass is 9.85. The minimum atomic E-state index is 0.628. The van der Waals surface area contributed by atoms with Crippen molar-refractivity contribution in [2.24, 2.45) is 5.73 Å². The Bertz CT molecular complexity index is 364. The molecule has 0 saturated carbocycles. The van der Waals surface area contributed by atoms with Crippen LogP contribution in [-0.2, 0) is 0 Å². The molecule has 0 spiro atoms. The number of ether oxygens (including phenoxy) is 1. The highest BCUT2D eigenvalue weighted by atomic mass is 16.5. The molecule has 1 aromatic carbocycles. The van der Waals surface area contributed by atoms with E-state index >= 15 is 0 Å². The summed E-state index contributed by atoms with van der Waals surface area (Å²) in [6.45, 7) is 10.4. The van der Waals surface area contributed by atoms with Crippen molar-refractivity contribution in [1.82, 2.24) is 0 Å². The van der Waals surface area contributed by atoms with Gasteiger partial charge >= 0.3 is 0 Å². The molecule has 0 fully saturated rings. The van der Waals surface area contributed by atoms with Crippen molar-refractivity contribution in [1.29, 1.82) is 0 Å². The second kappa shape index (κ2) is 8.21. The maximum atomic E-state index is 5.75. The topological polar surface area (TPSA) is 35.2 Å². The van der Waals surface area contributed by atoms with Crippen molar-refractivity contribution < 1.29 is 4.74 Å². The third-order valence-electron chi connectivity index (χ3n) is 3.70. The van der Waals surface area contributed by atoms with Crippen molar-refractivity contribution in [2.45, 2.75) is 59.3 Å². The van der Waals surface area contributed by atoms with E-state index in [-0.39, 0.29) is 0 Å². The summed E-state index contributed by atoms with van der Waals surface area (Å²) in [5, 5.41) is 0. The Morgan fingerprint density at radius 3 is 2.26 bits per heavy atom. The summed E-state index contributed by atoms with van der Waals surface area (Å²) in [5.74, 6) is 1.64. The number of nitrogens with two attached hydrogens (primary N) is 1. The molecule has 0 saturated heterocycles. The molecule has 108 valence electrons. The van der Waals surface area contributed by atoms with Crippen LogP contribution in [0.25, 0.3) is 0 Å². The zero-order valence-electron chi connectivity index (χ0n) is 13.0. The van der Waals surface area contributed by atoms with Gasteiger partial charge in [-0.1, -0.05) is 13.8 Å². The number of rotatable bonds is 8. The van der Waals surface area contributed by atoms with Gasteiger partial charge in [0.25, 0.3) is 0 Å². The average molecular weight is 263 g/mol. The molecule has 0 aliphatic rings. The summed E-state index contributed by atoms with van der Waals surface area (Å²) < 4.78 is 5.75. The summed E-state index contributed by atoms with van der Waals surface area (Å²) in [5.41, 5.74) is 9.86. The maximum absolute atomic E-state index is 5.75. The van der Waals surface area contributed by atoms with Crippen molar-refractivity contribution in [3.05, 3.63) is 28.8 Å². The zero-order chi connectivity index (χ0) is 14.3. The van der Waals surface area contributed by atoms with Crippen LogP contribution < -0.4 is 10.5 Å². The van der Waals surface area contributed by atoms with Crippen LogP contribution >= 0.6 is 0 Å². The lowest BCUT2D eigenvalue weighted by Gasteiger charge is -2.21. The van der Waals surface area contributed by atoms with Gasteiger partial charge in [-0.2, -0.15) is 0 Å². The van der Waals surface area contributed by atoms with E-state index in [1.165, 1.54) is 29.5 Å². The molecular weight excluding hydrogens is 234 g/mol. The normalized spacial score (nSPS) is 12.5. The number of benzene rings is 1. The first-order valence-corrected chi connectivity index (χ1v) is 7.58. The molecule has 2 N–H and O–H groups in total. The van der Waals surface area contributed by atoms with Crippen LogP contribution in [0.3, 0.4) is 0 Å². The number of hydrogen-bond acceptors (Lipinski definition) is 2. The largest absolute Gasteiger partial charge is 0.494 e. The molecule has 0 aromatic heterocycles. The van der Waals surface area contributed by atoms with Gasteiger partial charge in [0.2, 0.25) is 0 Å². The maximum Gasteiger partial charge on any atom is 0.119 e. The Hall–Kier alpha value is -1.02. The first-order valence-electron chi connectivity index (χ1n) is 7.58. The van der Waals surface area contributed by atoms with Crippen LogP contribution in [0.5, 0.6) is 5.75 Å². The average Bonchev–Trinajstić information content (AvgIpc) is 2.39. The number of hydrogen-bond donors (Lipinski definition) is 1. The minimum Gasteiger partial charge on any atom is -0.494 e. The van der Waals surface area contributed by atoms with E-state index in [4.69, 9.17) is 10.5 Å². The molecule has 0 bridgehead atoms. The van der Waals surface area contributed by atoms with E-state index in [2.05, 4.69) is 39.8 Å². The quantitative estimate of drug-likeness (QED) is 0.758. The van der Waals surface area contributed by atoms with Gasteiger partial charge in [0.1, 0.15) is 5.75 Å². The summed E-state index contributed by atoms with van der Waals surface area (Å²) in [4.78, 5) is 0. The smallest absolute Gasteiger partial charge is 0.119 e. The van der Waals surface area contributed by atoms with Gasteiger partial charge in [-0.3, -0.25) is 0 Å². The lowest BCUT2D eigenvalue weighted by Crippen LogP contribution is -2.07. The van der Waals surface area contributed by atoms with Crippen LogP contribution in [0.1, 0.15) is 62.1 Å². The molecule has 2 heteroatoms. The van der Waals surface area contributed by atoms with Gasteiger partial charge < -0.3 is 10.5 Å². The summed E-state index contributed by atoms with van der Waals surface area (Å²) in [6.07, 6.45) is 4.51. The Morgan fingerprint density at radius 2 is 1.79 bits per heavy atom. The third-order valence-corrected chi connectivity index (χ3v) is 3.70. The van der Waals surface area contributed by atoms with Crippen molar-refractivity contribution in [2.75, 3.05) is 13.2 Å². The molecule has 1 unspecified atom stereocenters. The van der Waals surface area contributed by atoms with Gasteiger partial charge in [-0.25, -0.2) is 0 Å². The van der Waals surface area contributed by atoms with Crippen LogP contribution in [0.4, 0.5) is 0 Å². The van der Waals surface area contributed by atoms with Crippen molar-refractivity contribution in [3.8, 4) is 5.75 Å². The second-order valence-electron chi connectivity index (χ2n) is 5.36. The van der Waals surface area contributed by atoms with Crippen molar-refractivity contribution in [3.63, 3.8) is 0 Å². The van der Waals surface area contributed by atoms with Crippen LogP contribution in [0.15, 0.2) is 12.1 Å². The Balaban J connectivity index is 2.93. The molecule has 0 aliphatic carbocycles. The van der Waals surface area contributed by atoms with E-state index in [0.717, 1.165) is 31.7 Å². The molecule has 1 aromatic rings. The minimum absolute atomic E-state index is 0.628. The van der Waals surface area contributed by atoms with E-state index in [1.54, 1.807) is 0 Å². The molecule has 2 nitrogen and oxygen atoms in total. The van der Waals surface area contributed by atoms with Gasteiger partial charge in [-0.05, 0) is 80.8 Å². The number of aryl methyl sites for hydroxylation is 2. The van der Waals surface area contributed by atoms with Gasteiger partial charge in [0.05, 0.1) is 6.61 Å². The lowest BCUT2D eigenvalue weighted by molar-refractivity contribution is 0.317. The molecule has 1 atom stereocenters. The summed E-state index contributed by atoms with van der Waals surface area (Å²) in [6, 6.07) is 4.37. The first-order chi connectivity index (χ1) is 9.13. The second-order valence-corrected chi connectivity index (χ2v) is 5.36. The molecule has 0 heterocycles. The highest BCUT2D eigenvalue weighted by Gasteiger charge is 2.15. The first kappa shape index (κ1) is 16.0. The van der Waals surface area contributed by atoms with E-state index in [1.807, 2.05) is 0 Å². The SMILES string of the molecule is CCCOc1cc(C)c(C(CC)CCCN)c(C)c1. The fourth-order valence-electron chi connectivity index (χ4n) is 2.80. The molecule has 0 amide bonds. The molecular formula is C17H29NO. The van der Waals surface area contributed by atoms with Crippen molar-refractivity contribution >= 4 is 0 Å².